The quantitative estimate of drug-likeness (QED) is 0.469. The number of aliphatic imine (C=N–C) groups is 1. The predicted octanol–water partition coefficient (Wildman–Crippen LogP) is 3.77. The zero-order chi connectivity index (χ0) is 21.5. The zero-order valence-electron chi connectivity index (χ0n) is 18.2. The van der Waals surface area contributed by atoms with E-state index in [1.54, 1.807) is 6.20 Å². The molecule has 1 aromatic carbocycles. The molecule has 0 aliphatic carbocycles. The lowest BCUT2D eigenvalue weighted by molar-refractivity contribution is 0.458. The van der Waals surface area contributed by atoms with Gasteiger partial charge in [0.05, 0.1) is 6.20 Å². The molecule has 1 fully saturated rings. The summed E-state index contributed by atoms with van der Waals surface area (Å²) in [5.41, 5.74) is 2.25. The summed E-state index contributed by atoms with van der Waals surface area (Å²) in [6.45, 7) is 7.30. The van der Waals surface area contributed by atoms with Crippen molar-refractivity contribution in [1.82, 2.24) is 20.6 Å². The van der Waals surface area contributed by atoms with E-state index in [1.807, 2.05) is 30.5 Å². The molecule has 1 aliphatic heterocycles. The fourth-order valence-corrected chi connectivity index (χ4v) is 3.69. The van der Waals surface area contributed by atoms with Gasteiger partial charge in [0.1, 0.15) is 12.4 Å². The summed E-state index contributed by atoms with van der Waals surface area (Å²) < 4.78 is 5.90. The van der Waals surface area contributed by atoms with Crippen molar-refractivity contribution in [2.45, 2.75) is 39.3 Å². The predicted molar refractivity (Wildman–Crippen MR) is 124 cm³/mol. The average molecular weight is 419 g/mol. The van der Waals surface area contributed by atoms with Crippen molar-refractivity contribution in [1.29, 1.82) is 0 Å². The summed E-state index contributed by atoms with van der Waals surface area (Å²) in [5.74, 6) is 3.23. The molecule has 0 spiro atoms. The monoisotopic (exact) mass is 418 g/mol. The van der Waals surface area contributed by atoms with Crippen LogP contribution in [0.3, 0.4) is 0 Å². The van der Waals surface area contributed by atoms with Crippen molar-refractivity contribution in [2.75, 3.05) is 24.5 Å². The van der Waals surface area contributed by atoms with Gasteiger partial charge in [0, 0.05) is 37.4 Å². The Morgan fingerprint density at radius 2 is 1.94 bits per heavy atom. The van der Waals surface area contributed by atoms with Gasteiger partial charge in [-0.15, -0.1) is 0 Å². The number of rotatable bonds is 6. The molecule has 1 aliphatic rings. The topological polar surface area (TPSA) is 78.6 Å². The standard InChI is InChI=1S/C24H30N6O/c1-3-25-24(29-20-11-14-30(15-12-20)22-6-4-5-13-26-22)28-17-23-27-16-21(31-23)19-9-7-18(2)8-10-19/h4-10,13,16,20H,3,11-12,14-15,17H2,1-2H3,(H2,25,28,29). The summed E-state index contributed by atoms with van der Waals surface area (Å²) in [4.78, 5) is 15.9. The minimum Gasteiger partial charge on any atom is -0.439 e. The second kappa shape index (κ2) is 10.1. The third kappa shape index (κ3) is 5.63. The van der Waals surface area contributed by atoms with Crippen LogP contribution in [-0.2, 0) is 6.54 Å². The van der Waals surface area contributed by atoms with Crippen LogP contribution in [0.4, 0.5) is 5.82 Å². The van der Waals surface area contributed by atoms with Crippen molar-refractivity contribution in [3.05, 3.63) is 66.3 Å². The van der Waals surface area contributed by atoms with Gasteiger partial charge in [0.25, 0.3) is 0 Å². The molecule has 0 radical (unpaired) electrons. The Bertz CT molecular complexity index is 975. The van der Waals surface area contributed by atoms with Crippen molar-refractivity contribution in [3.63, 3.8) is 0 Å². The second-order valence-electron chi connectivity index (χ2n) is 7.77. The van der Waals surface area contributed by atoms with Gasteiger partial charge in [-0.3, -0.25) is 0 Å². The maximum absolute atomic E-state index is 5.90. The lowest BCUT2D eigenvalue weighted by Gasteiger charge is -2.33. The number of aromatic nitrogens is 2. The number of nitrogens with one attached hydrogen (secondary N) is 2. The molecule has 0 bridgehead atoms. The molecule has 0 unspecified atom stereocenters. The lowest BCUT2D eigenvalue weighted by Crippen LogP contribution is -2.48. The summed E-state index contributed by atoms with van der Waals surface area (Å²) in [6.07, 6.45) is 5.70. The molecular weight excluding hydrogens is 388 g/mol. The fraction of sp³-hybridized carbons (Fsp3) is 0.375. The van der Waals surface area contributed by atoms with Crippen LogP contribution in [0.2, 0.25) is 0 Å². The Hall–Kier alpha value is -3.35. The smallest absolute Gasteiger partial charge is 0.216 e. The molecule has 0 atom stereocenters. The molecule has 2 aromatic heterocycles. The molecule has 7 nitrogen and oxygen atoms in total. The molecule has 1 saturated heterocycles. The van der Waals surface area contributed by atoms with Gasteiger partial charge in [0.15, 0.2) is 11.7 Å². The van der Waals surface area contributed by atoms with Gasteiger partial charge in [0.2, 0.25) is 5.89 Å². The minimum absolute atomic E-state index is 0.380. The van der Waals surface area contributed by atoms with Crippen LogP contribution in [-0.4, -0.2) is 41.6 Å². The Morgan fingerprint density at radius 1 is 1.13 bits per heavy atom. The van der Waals surface area contributed by atoms with Gasteiger partial charge < -0.3 is 20.0 Å². The highest BCUT2D eigenvalue weighted by atomic mass is 16.4. The van der Waals surface area contributed by atoms with Gasteiger partial charge in [-0.25, -0.2) is 15.0 Å². The third-order valence-electron chi connectivity index (χ3n) is 5.42. The largest absolute Gasteiger partial charge is 0.439 e. The molecule has 4 rings (SSSR count). The van der Waals surface area contributed by atoms with Crippen molar-refractivity contribution in [2.24, 2.45) is 4.99 Å². The maximum Gasteiger partial charge on any atom is 0.216 e. The Morgan fingerprint density at radius 3 is 2.65 bits per heavy atom. The number of oxazole rings is 1. The van der Waals surface area contributed by atoms with E-state index in [1.165, 1.54) is 5.56 Å². The number of pyridine rings is 1. The summed E-state index contributed by atoms with van der Waals surface area (Å²) in [5, 5.41) is 6.90. The van der Waals surface area contributed by atoms with E-state index in [0.29, 0.717) is 18.5 Å². The zero-order valence-corrected chi connectivity index (χ0v) is 18.2. The van der Waals surface area contributed by atoms with Crippen LogP contribution in [0, 0.1) is 6.92 Å². The highest BCUT2D eigenvalue weighted by Gasteiger charge is 2.20. The molecule has 2 N–H and O–H groups in total. The number of nitrogens with zero attached hydrogens (tertiary/aromatic N) is 4. The molecule has 0 amide bonds. The second-order valence-corrected chi connectivity index (χ2v) is 7.77. The van der Waals surface area contributed by atoms with E-state index >= 15 is 0 Å². The van der Waals surface area contributed by atoms with Crippen LogP contribution in [0.5, 0.6) is 0 Å². The number of benzene rings is 1. The third-order valence-corrected chi connectivity index (χ3v) is 5.42. The first kappa shape index (κ1) is 20.9. The molecule has 162 valence electrons. The lowest BCUT2D eigenvalue weighted by atomic mass is 10.1. The molecular formula is C24H30N6O. The Balaban J connectivity index is 1.33. The summed E-state index contributed by atoms with van der Waals surface area (Å²) >= 11 is 0. The van der Waals surface area contributed by atoms with Crippen LogP contribution < -0.4 is 15.5 Å². The number of aryl methyl sites for hydroxylation is 1. The number of piperidine rings is 1. The van der Waals surface area contributed by atoms with Crippen molar-refractivity contribution < 1.29 is 4.42 Å². The van der Waals surface area contributed by atoms with E-state index < -0.39 is 0 Å². The fourth-order valence-electron chi connectivity index (χ4n) is 3.69. The van der Waals surface area contributed by atoms with E-state index in [9.17, 15) is 0 Å². The van der Waals surface area contributed by atoms with Gasteiger partial charge in [-0.1, -0.05) is 35.9 Å². The highest BCUT2D eigenvalue weighted by molar-refractivity contribution is 5.80. The van der Waals surface area contributed by atoms with Crippen molar-refractivity contribution in [3.8, 4) is 11.3 Å². The number of guanidine groups is 1. The van der Waals surface area contributed by atoms with Crippen LogP contribution in [0.15, 0.2) is 64.3 Å². The number of hydrogen-bond donors (Lipinski definition) is 2. The molecule has 31 heavy (non-hydrogen) atoms. The molecule has 3 aromatic rings. The number of hydrogen-bond acceptors (Lipinski definition) is 5. The molecule has 0 saturated carbocycles. The first-order valence-corrected chi connectivity index (χ1v) is 10.9. The highest BCUT2D eigenvalue weighted by Crippen LogP contribution is 2.21. The van der Waals surface area contributed by atoms with Crippen LogP contribution in [0.25, 0.3) is 11.3 Å². The molecule has 3 heterocycles. The van der Waals surface area contributed by atoms with Crippen molar-refractivity contribution >= 4 is 11.8 Å². The average Bonchev–Trinajstić information content (AvgIpc) is 3.28. The number of anilines is 1. The summed E-state index contributed by atoms with van der Waals surface area (Å²) in [7, 11) is 0. The molecule has 7 heteroatoms. The van der Waals surface area contributed by atoms with Crippen LogP contribution in [0.1, 0.15) is 31.2 Å². The van der Waals surface area contributed by atoms with Gasteiger partial charge in [-0.2, -0.15) is 0 Å². The SMILES string of the molecule is CCNC(=NCc1ncc(-c2ccc(C)cc2)o1)NC1CCN(c2ccccn2)CC1. The first-order chi connectivity index (χ1) is 15.2. The minimum atomic E-state index is 0.380. The van der Waals surface area contributed by atoms with E-state index in [4.69, 9.17) is 4.42 Å². The van der Waals surface area contributed by atoms with E-state index in [-0.39, 0.29) is 0 Å². The Kier molecular flexibility index (Phi) is 6.82. The normalized spacial score (nSPS) is 15.2. The van der Waals surface area contributed by atoms with Gasteiger partial charge in [-0.05, 0) is 38.8 Å². The Labute approximate surface area is 183 Å². The van der Waals surface area contributed by atoms with Gasteiger partial charge >= 0.3 is 0 Å². The summed E-state index contributed by atoms with van der Waals surface area (Å²) in [6, 6.07) is 14.7. The van der Waals surface area contributed by atoms with E-state index in [0.717, 1.165) is 55.6 Å². The van der Waals surface area contributed by atoms with E-state index in [2.05, 4.69) is 62.5 Å². The maximum atomic E-state index is 5.90. The van der Waals surface area contributed by atoms with Crippen LogP contribution >= 0.6 is 0 Å². The first-order valence-electron chi connectivity index (χ1n) is 10.9.